The monoisotopic (exact) mass is 345 g/mol. The van der Waals surface area contributed by atoms with E-state index in [0.29, 0.717) is 10.8 Å². The highest BCUT2D eigenvalue weighted by Crippen LogP contribution is 2.28. The summed E-state index contributed by atoms with van der Waals surface area (Å²) in [6, 6.07) is 4.77. The number of anilines is 1. The summed E-state index contributed by atoms with van der Waals surface area (Å²) in [5.41, 5.74) is 4.48. The normalized spacial score (nSPS) is 10.7. The van der Waals surface area contributed by atoms with E-state index < -0.39 is 28.8 Å². The lowest BCUT2D eigenvalue weighted by Gasteiger charge is -2.11. The number of nitrogens with zero attached hydrogens (tertiary/aromatic N) is 2. The summed E-state index contributed by atoms with van der Waals surface area (Å²) < 4.78 is 41.1. The molecule has 0 amide bonds. The van der Waals surface area contributed by atoms with E-state index in [1.807, 2.05) is 0 Å². The van der Waals surface area contributed by atoms with Crippen molar-refractivity contribution in [3.8, 4) is 11.3 Å². The van der Waals surface area contributed by atoms with Crippen LogP contribution in [0.1, 0.15) is 15.9 Å². The molecule has 8 heteroatoms. The highest BCUT2D eigenvalue weighted by atomic mass is 19.1. The Balaban J connectivity index is 2.17. The molecule has 1 aromatic carbocycles. The van der Waals surface area contributed by atoms with Crippen LogP contribution in [0.3, 0.4) is 0 Å². The van der Waals surface area contributed by atoms with Crippen molar-refractivity contribution in [2.24, 2.45) is 0 Å². The molecular formula is C17H10F3N3O2. The van der Waals surface area contributed by atoms with Crippen molar-refractivity contribution in [3.05, 3.63) is 82.7 Å². The van der Waals surface area contributed by atoms with Crippen LogP contribution in [0, 0.1) is 22.7 Å². The van der Waals surface area contributed by atoms with Gasteiger partial charge in [0.05, 0.1) is 22.9 Å². The molecule has 3 aromatic rings. The number of benzene rings is 1. The number of halogens is 3. The summed E-state index contributed by atoms with van der Waals surface area (Å²) >= 11 is 0. The fourth-order valence-electron chi connectivity index (χ4n) is 2.40. The molecule has 126 valence electrons. The van der Waals surface area contributed by atoms with Crippen molar-refractivity contribution >= 4 is 11.5 Å². The molecule has 2 N–H and O–H groups in total. The van der Waals surface area contributed by atoms with E-state index in [4.69, 9.17) is 5.73 Å². The third kappa shape index (κ3) is 2.89. The zero-order valence-corrected chi connectivity index (χ0v) is 12.5. The van der Waals surface area contributed by atoms with Gasteiger partial charge in [0.15, 0.2) is 17.8 Å². The molecule has 0 bridgehead atoms. The fraction of sp³-hybridized carbons (Fsp3) is 0. The lowest BCUT2D eigenvalue weighted by atomic mass is 9.99. The average Bonchev–Trinajstić information content (AvgIpc) is 2.56. The predicted octanol–water partition coefficient (Wildman–Crippen LogP) is 2.61. The van der Waals surface area contributed by atoms with Gasteiger partial charge in [-0.25, -0.2) is 13.2 Å². The van der Waals surface area contributed by atoms with Gasteiger partial charge in [-0.2, -0.15) is 4.73 Å². The summed E-state index contributed by atoms with van der Waals surface area (Å²) in [7, 11) is 0. The van der Waals surface area contributed by atoms with Crippen LogP contribution in [0.25, 0.3) is 11.3 Å². The maximum Gasteiger partial charge on any atom is 0.250 e. The standard InChI is InChI=1S/C17H10F3N3O2/c18-9-1-2-11(13(19)7-9)17(24)12-4-6-23(25)16(15(12)21)10-3-5-22-8-14(10)20/h1-8H,21H2. The molecule has 0 fully saturated rings. The Kier molecular flexibility index (Phi) is 4.10. The molecule has 0 aliphatic heterocycles. The summed E-state index contributed by atoms with van der Waals surface area (Å²) in [4.78, 5) is 16.1. The van der Waals surface area contributed by atoms with Gasteiger partial charge >= 0.3 is 0 Å². The first-order valence-corrected chi connectivity index (χ1v) is 7.01. The summed E-state index contributed by atoms with van der Waals surface area (Å²) in [5, 5.41) is 12.0. The Bertz CT molecular complexity index is 993. The van der Waals surface area contributed by atoms with Crippen LogP contribution in [0.4, 0.5) is 18.9 Å². The number of carbonyl (C=O) groups excluding carboxylic acids is 1. The largest absolute Gasteiger partial charge is 0.618 e. The van der Waals surface area contributed by atoms with Crippen LogP contribution < -0.4 is 10.5 Å². The molecular weight excluding hydrogens is 335 g/mol. The number of carbonyl (C=O) groups is 1. The number of pyridine rings is 2. The van der Waals surface area contributed by atoms with Crippen molar-refractivity contribution in [1.29, 1.82) is 0 Å². The number of ketones is 1. The van der Waals surface area contributed by atoms with Gasteiger partial charge in [0.1, 0.15) is 17.3 Å². The number of hydrogen-bond donors (Lipinski definition) is 1. The first-order valence-electron chi connectivity index (χ1n) is 7.01. The lowest BCUT2D eigenvalue weighted by Crippen LogP contribution is -2.31. The molecule has 3 rings (SSSR count). The van der Waals surface area contributed by atoms with Crippen molar-refractivity contribution in [1.82, 2.24) is 4.98 Å². The smallest absolute Gasteiger partial charge is 0.250 e. The second-order valence-electron chi connectivity index (χ2n) is 5.13. The number of aromatic nitrogens is 2. The molecule has 0 radical (unpaired) electrons. The predicted molar refractivity (Wildman–Crippen MR) is 82.8 cm³/mol. The minimum atomic E-state index is -1.07. The van der Waals surface area contributed by atoms with Crippen molar-refractivity contribution in [2.45, 2.75) is 0 Å². The van der Waals surface area contributed by atoms with Crippen molar-refractivity contribution < 1.29 is 22.7 Å². The van der Waals surface area contributed by atoms with E-state index in [1.54, 1.807) is 0 Å². The van der Waals surface area contributed by atoms with E-state index in [1.165, 1.54) is 12.3 Å². The summed E-state index contributed by atoms with van der Waals surface area (Å²) in [6.45, 7) is 0. The number of rotatable bonds is 3. The zero-order valence-electron chi connectivity index (χ0n) is 12.5. The Labute approximate surface area is 139 Å². The van der Waals surface area contributed by atoms with Gasteiger partial charge in [0.25, 0.3) is 5.69 Å². The van der Waals surface area contributed by atoms with E-state index in [-0.39, 0.29) is 22.5 Å². The van der Waals surface area contributed by atoms with Gasteiger partial charge in [-0.3, -0.25) is 9.78 Å². The fourth-order valence-corrected chi connectivity index (χ4v) is 2.40. The zero-order chi connectivity index (χ0) is 18.1. The molecule has 25 heavy (non-hydrogen) atoms. The highest BCUT2D eigenvalue weighted by Gasteiger charge is 2.25. The van der Waals surface area contributed by atoms with Gasteiger partial charge in [-0.05, 0) is 18.2 Å². The van der Waals surface area contributed by atoms with Crippen LogP contribution in [-0.2, 0) is 0 Å². The first-order chi connectivity index (χ1) is 11.9. The minimum Gasteiger partial charge on any atom is -0.618 e. The maximum absolute atomic E-state index is 13.9. The molecule has 2 heterocycles. The molecule has 0 saturated carbocycles. The SMILES string of the molecule is Nc1c(C(=O)c2ccc(F)cc2F)cc[n+]([O-])c1-c1ccncc1F. The second kappa shape index (κ2) is 6.23. The van der Waals surface area contributed by atoms with E-state index in [0.717, 1.165) is 30.6 Å². The Hall–Kier alpha value is -3.42. The quantitative estimate of drug-likeness (QED) is 0.449. The van der Waals surface area contributed by atoms with Crippen LogP contribution in [0.5, 0.6) is 0 Å². The first kappa shape index (κ1) is 16.4. The third-order valence-electron chi connectivity index (χ3n) is 3.59. The van der Waals surface area contributed by atoms with Crippen LogP contribution in [-0.4, -0.2) is 10.8 Å². The van der Waals surface area contributed by atoms with E-state index in [2.05, 4.69) is 4.98 Å². The van der Waals surface area contributed by atoms with Crippen molar-refractivity contribution in [3.63, 3.8) is 0 Å². The molecule has 0 unspecified atom stereocenters. The molecule has 0 spiro atoms. The molecule has 0 aliphatic carbocycles. The van der Waals surface area contributed by atoms with Gasteiger partial charge in [0.2, 0.25) is 0 Å². The lowest BCUT2D eigenvalue weighted by molar-refractivity contribution is -0.593. The summed E-state index contributed by atoms with van der Waals surface area (Å²) in [5.74, 6) is -3.57. The number of hydrogen-bond acceptors (Lipinski definition) is 4. The van der Waals surface area contributed by atoms with Gasteiger partial charge in [-0.1, -0.05) is 0 Å². The third-order valence-corrected chi connectivity index (χ3v) is 3.59. The Morgan fingerprint density at radius 3 is 2.52 bits per heavy atom. The van der Waals surface area contributed by atoms with Crippen LogP contribution in [0.2, 0.25) is 0 Å². The van der Waals surface area contributed by atoms with Crippen LogP contribution >= 0.6 is 0 Å². The van der Waals surface area contributed by atoms with Crippen molar-refractivity contribution in [2.75, 3.05) is 5.73 Å². The maximum atomic E-state index is 13.9. The average molecular weight is 345 g/mol. The number of nitrogen functional groups attached to an aromatic ring is 1. The van der Waals surface area contributed by atoms with E-state index in [9.17, 15) is 23.2 Å². The molecule has 5 nitrogen and oxygen atoms in total. The summed E-state index contributed by atoms with van der Waals surface area (Å²) in [6.07, 6.45) is 3.11. The highest BCUT2D eigenvalue weighted by molar-refractivity contribution is 6.13. The second-order valence-corrected chi connectivity index (χ2v) is 5.13. The van der Waals surface area contributed by atoms with Gasteiger partial charge < -0.3 is 10.9 Å². The topological polar surface area (TPSA) is 82.9 Å². The molecule has 0 aliphatic rings. The van der Waals surface area contributed by atoms with Gasteiger partial charge in [0, 0.05) is 18.3 Å². The molecule has 0 saturated heterocycles. The molecule has 0 atom stereocenters. The minimum absolute atomic E-state index is 0.156. The Morgan fingerprint density at radius 1 is 1.08 bits per heavy atom. The molecule has 2 aromatic heterocycles. The van der Waals surface area contributed by atoms with E-state index >= 15 is 0 Å². The van der Waals surface area contributed by atoms with Crippen LogP contribution in [0.15, 0.2) is 48.9 Å². The number of nitrogens with two attached hydrogens (primary N) is 1. The van der Waals surface area contributed by atoms with Gasteiger partial charge in [-0.15, -0.1) is 0 Å². The Morgan fingerprint density at radius 2 is 1.84 bits per heavy atom.